The van der Waals surface area contributed by atoms with Crippen LogP contribution in [0.15, 0.2) is 107 Å². The normalized spacial score (nSPS) is 13.1. The Labute approximate surface area is 272 Å². The Hall–Kier alpha value is -3.87. The highest BCUT2D eigenvalue weighted by Gasteiger charge is 2.19. The first-order valence-electron chi connectivity index (χ1n) is 14.9. The summed E-state index contributed by atoms with van der Waals surface area (Å²) >= 11 is 3.46. The number of hydrogen-bond donors (Lipinski definition) is 3. The average molecular weight is 649 g/mol. The van der Waals surface area contributed by atoms with Gasteiger partial charge in [0.2, 0.25) is 0 Å². The predicted molar refractivity (Wildman–Crippen MR) is 192 cm³/mol. The molecule has 44 heavy (non-hydrogen) atoms. The average Bonchev–Trinajstić information content (AvgIpc) is 3.58. The van der Waals surface area contributed by atoms with Gasteiger partial charge >= 0.3 is 7.69 Å². The van der Waals surface area contributed by atoms with Gasteiger partial charge in [-0.05, 0) is 95.2 Å². The van der Waals surface area contributed by atoms with Crippen molar-refractivity contribution in [3.63, 3.8) is 0 Å². The summed E-state index contributed by atoms with van der Waals surface area (Å²) in [6.07, 6.45) is 6.05. The molecule has 6 heteroatoms. The van der Waals surface area contributed by atoms with Crippen LogP contribution in [-0.2, 0) is 17.5 Å². The molecule has 0 aliphatic heterocycles. The number of allylic oxidation sites excluding steroid dienone is 2. The molecule has 0 fully saturated rings. The number of nitrogens with one attached hydrogen (secondary N) is 2. The smallest absolute Gasteiger partial charge is 0.540 e. The van der Waals surface area contributed by atoms with Crippen LogP contribution in [0, 0.1) is 6.92 Å². The van der Waals surface area contributed by atoms with Gasteiger partial charge in [0.1, 0.15) is 0 Å². The molecule has 6 rings (SSSR count). The maximum absolute atomic E-state index is 8.42. The Morgan fingerprint density at radius 3 is 1.82 bits per heavy atom. The number of rotatable bonds is 6. The van der Waals surface area contributed by atoms with Gasteiger partial charge in [-0.3, -0.25) is 0 Å². The lowest BCUT2D eigenvalue weighted by Gasteiger charge is -2.24. The molecule has 0 saturated carbocycles. The van der Waals surface area contributed by atoms with Gasteiger partial charge in [0.05, 0.1) is 18.4 Å². The van der Waals surface area contributed by atoms with E-state index < -0.39 is 0 Å². The summed E-state index contributed by atoms with van der Waals surface area (Å²) in [5, 5.41) is 15.3. The summed E-state index contributed by atoms with van der Waals surface area (Å²) in [4.78, 5) is 0. The molecule has 225 valence electrons. The van der Waals surface area contributed by atoms with Crippen molar-refractivity contribution in [2.75, 3.05) is 10.6 Å². The van der Waals surface area contributed by atoms with E-state index in [2.05, 4.69) is 115 Å². The van der Waals surface area contributed by atoms with Gasteiger partial charge in [-0.1, -0.05) is 84.9 Å². The van der Waals surface area contributed by atoms with Crippen molar-refractivity contribution in [3.8, 4) is 0 Å². The van der Waals surface area contributed by atoms with E-state index in [0.717, 1.165) is 36.4 Å². The number of benzene rings is 4. The summed E-state index contributed by atoms with van der Waals surface area (Å²) in [7, 11) is 0.720. The summed E-state index contributed by atoms with van der Waals surface area (Å²) in [5.74, 6) is 0.790. The molecule has 0 atom stereocenters. The minimum absolute atomic E-state index is 0.0715. The summed E-state index contributed by atoms with van der Waals surface area (Å²) in [6.45, 7) is 14.6. The second-order valence-electron chi connectivity index (χ2n) is 12.7. The highest BCUT2D eigenvalue weighted by molar-refractivity contribution is 9.10. The molecule has 0 heterocycles. The number of halogens is 1. The maximum atomic E-state index is 8.42. The molecule has 0 amide bonds. The second-order valence-corrected chi connectivity index (χ2v) is 13.5. The highest BCUT2D eigenvalue weighted by atomic mass is 79.9. The molecule has 1 radical (unpaired) electrons. The summed E-state index contributed by atoms with van der Waals surface area (Å²) in [5.41, 5.74) is 10.2. The van der Waals surface area contributed by atoms with Gasteiger partial charge in [0, 0.05) is 41.5 Å². The first-order chi connectivity index (χ1) is 20.9. The fourth-order valence-electron chi connectivity index (χ4n) is 5.05. The van der Waals surface area contributed by atoms with E-state index in [9.17, 15) is 0 Å². The number of fused-ring (bicyclic) bond motifs is 2. The van der Waals surface area contributed by atoms with E-state index in [0.29, 0.717) is 0 Å². The molecule has 0 bridgehead atoms. The van der Waals surface area contributed by atoms with Crippen molar-refractivity contribution in [3.05, 3.63) is 142 Å². The third kappa shape index (κ3) is 9.83. The topological polar surface area (TPSA) is 53.5 Å². The van der Waals surface area contributed by atoms with Crippen molar-refractivity contribution >= 4 is 52.7 Å². The first-order valence-corrected chi connectivity index (χ1v) is 15.7. The molecule has 2 aliphatic carbocycles. The van der Waals surface area contributed by atoms with E-state index in [1.54, 1.807) is 0 Å². The van der Waals surface area contributed by atoms with Crippen LogP contribution in [0.4, 0.5) is 11.4 Å². The lowest BCUT2D eigenvalue weighted by molar-refractivity contribution is 0.367. The van der Waals surface area contributed by atoms with Crippen LogP contribution >= 0.6 is 15.9 Å². The van der Waals surface area contributed by atoms with Crippen molar-refractivity contribution in [2.24, 2.45) is 0 Å². The zero-order chi connectivity index (χ0) is 31.7. The van der Waals surface area contributed by atoms with Gasteiger partial charge in [-0.2, -0.15) is 0 Å². The van der Waals surface area contributed by atoms with Crippen molar-refractivity contribution in [1.82, 2.24) is 0 Å². The van der Waals surface area contributed by atoms with Gasteiger partial charge in [-0.15, -0.1) is 0 Å². The molecule has 0 saturated heterocycles. The third-order valence-corrected chi connectivity index (χ3v) is 7.53. The van der Waals surface area contributed by atoms with Crippen LogP contribution in [0.1, 0.15) is 62.4 Å². The van der Waals surface area contributed by atoms with Crippen molar-refractivity contribution < 1.29 is 9.68 Å². The monoisotopic (exact) mass is 648 g/mol. The first kappa shape index (κ1) is 33.0. The highest BCUT2D eigenvalue weighted by Crippen LogP contribution is 2.35. The standard InChI is InChI=1S/C19H21N.C10H13BrN.C9H8BO2/c1-19(2,3)20-18-11-7-6-10-17(18)16-12-14-8-4-5-9-15(14)13-16;1-10(2,3)12-9-7-5-4-6-8(9)11;11-10-12-9-5-7-3-1-2-4-8(7)6-9/h4-12,20H,13H2,1-3H3;4-7,12H,1H2,2-3H3;1-5,11H,6H2/q;+1;. The Bertz CT molecular complexity index is 1620. The third-order valence-electron chi connectivity index (χ3n) is 6.84. The van der Waals surface area contributed by atoms with E-state index in [-0.39, 0.29) is 11.1 Å². The quantitative estimate of drug-likeness (QED) is 0.144. The van der Waals surface area contributed by atoms with Gasteiger partial charge in [-0.25, -0.2) is 0 Å². The zero-order valence-electron chi connectivity index (χ0n) is 26.3. The number of anilines is 2. The largest absolute Gasteiger partial charge is 0.569 e. The van der Waals surface area contributed by atoms with E-state index in [1.807, 2.05) is 62.4 Å². The molecule has 2 aliphatic rings. The Morgan fingerprint density at radius 2 is 1.25 bits per heavy atom. The SMILES string of the molecule is CC(C)(C)Nc1ccccc1C1=Cc2ccccc2C1.O[B]OC1=Cc2ccccc2C1.[CH2+]C(C)(C)Nc1ccccc1Br. The van der Waals surface area contributed by atoms with Gasteiger partial charge in [0.25, 0.3) is 0 Å². The molecule has 4 aromatic rings. The Morgan fingerprint density at radius 1 is 0.705 bits per heavy atom. The Kier molecular flexibility index (Phi) is 11.1. The summed E-state index contributed by atoms with van der Waals surface area (Å²) < 4.78 is 5.95. The maximum Gasteiger partial charge on any atom is 0.569 e. The van der Waals surface area contributed by atoms with Crippen molar-refractivity contribution in [1.29, 1.82) is 0 Å². The number of hydrogen-bond acceptors (Lipinski definition) is 4. The Balaban J connectivity index is 0.000000160. The van der Waals surface area contributed by atoms with Crippen LogP contribution in [0.5, 0.6) is 0 Å². The molecule has 0 spiro atoms. The molecule has 3 N–H and O–H groups in total. The van der Waals surface area contributed by atoms with E-state index in [4.69, 9.17) is 9.68 Å². The van der Waals surface area contributed by atoms with Crippen molar-refractivity contribution in [2.45, 2.75) is 58.5 Å². The lowest BCUT2D eigenvalue weighted by Crippen LogP contribution is -2.26. The fraction of sp³-hybridized carbons (Fsp3) is 0.237. The van der Waals surface area contributed by atoms with Crippen LogP contribution in [0.2, 0.25) is 0 Å². The number of para-hydroxylation sites is 2. The molecule has 0 unspecified atom stereocenters. The molecule has 4 nitrogen and oxygen atoms in total. The van der Waals surface area contributed by atoms with Crippen LogP contribution < -0.4 is 10.6 Å². The molecule has 0 aromatic heterocycles. The molecule has 4 aromatic carbocycles. The summed E-state index contributed by atoms with van der Waals surface area (Å²) in [6, 6.07) is 33.3. The minimum Gasteiger partial charge on any atom is -0.540 e. The minimum atomic E-state index is -0.135. The zero-order valence-corrected chi connectivity index (χ0v) is 27.9. The predicted octanol–water partition coefficient (Wildman–Crippen LogP) is 9.59. The van der Waals surface area contributed by atoms with Gasteiger partial charge < -0.3 is 20.3 Å². The second kappa shape index (κ2) is 14.7. The van der Waals surface area contributed by atoms with E-state index >= 15 is 0 Å². The lowest BCUT2D eigenvalue weighted by atomic mass is 9.99. The van der Waals surface area contributed by atoms with Crippen LogP contribution in [0.25, 0.3) is 17.7 Å². The van der Waals surface area contributed by atoms with E-state index in [1.165, 1.54) is 39.1 Å². The molecular formula is C38H42BBrN2O2+. The van der Waals surface area contributed by atoms with Gasteiger partial charge in [0.15, 0.2) is 5.54 Å². The van der Waals surface area contributed by atoms with Crippen LogP contribution in [0.3, 0.4) is 0 Å². The van der Waals surface area contributed by atoms with Crippen LogP contribution in [-0.4, -0.2) is 23.8 Å². The fourth-order valence-corrected chi connectivity index (χ4v) is 5.43. The molecular weight excluding hydrogens is 607 g/mol.